The molecule has 0 aliphatic rings. The maximum absolute atomic E-state index is 13.2. The van der Waals surface area contributed by atoms with Gasteiger partial charge in [0, 0.05) is 17.7 Å². The number of carbonyl (C=O) groups is 1. The van der Waals surface area contributed by atoms with Crippen molar-refractivity contribution in [1.29, 1.82) is 0 Å². The van der Waals surface area contributed by atoms with E-state index in [1.165, 1.54) is 0 Å². The molecule has 1 aromatic rings. The largest absolute Gasteiger partial charge is 0.481 e. The summed E-state index contributed by atoms with van der Waals surface area (Å²) in [7, 11) is 0. The molecule has 0 amide bonds. The van der Waals surface area contributed by atoms with E-state index in [0.29, 0.717) is 0 Å². The van der Waals surface area contributed by atoms with Gasteiger partial charge in [-0.3, -0.25) is 4.79 Å². The fraction of sp³-hybridized carbons (Fsp3) is 0.300. The number of alkyl halides is 3. The molecule has 1 atom stereocenters. The highest BCUT2D eigenvalue weighted by atomic mass is 19.4. The second-order valence-corrected chi connectivity index (χ2v) is 3.48. The minimum Gasteiger partial charge on any atom is -0.481 e. The SMILES string of the molecule is O=C(O)CC(c1c(F)cc(F)cc1F)C(F)(F)F. The van der Waals surface area contributed by atoms with Crippen molar-refractivity contribution in [2.75, 3.05) is 0 Å². The predicted molar refractivity (Wildman–Crippen MR) is 47.4 cm³/mol. The van der Waals surface area contributed by atoms with Crippen LogP contribution in [-0.4, -0.2) is 17.3 Å². The third kappa shape index (κ3) is 3.14. The molecular formula is C10H6F6O2. The lowest BCUT2D eigenvalue weighted by Gasteiger charge is -2.20. The predicted octanol–water partition coefficient (Wildman–Crippen LogP) is 3.22. The van der Waals surface area contributed by atoms with Crippen LogP contribution in [-0.2, 0) is 4.79 Å². The maximum Gasteiger partial charge on any atom is 0.396 e. The summed E-state index contributed by atoms with van der Waals surface area (Å²) in [6.07, 6.45) is -6.69. The van der Waals surface area contributed by atoms with E-state index in [9.17, 15) is 31.1 Å². The molecule has 1 unspecified atom stereocenters. The number of rotatable bonds is 3. The van der Waals surface area contributed by atoms with Gasteiger partial charge in [0.1, 0.15) is 17.5 Å². The molecule has 1 N–H and O–H groups in total. The Bertz CT molecular complexity index is 445. The fourth-order valence-electron chi connectivity index (χ4n) is 1.44. The van der Waals surface area contributed by atoms with E-state index in [1.807, 2.05) is 0 Å². The van der Waals surface area contributed by atoms with E-state index in [4.69, 9.17) is 5.11 Å². The Morgan fingerprint density at radius 2 is 1.61 bits per heavy atom. The van der Waals surface area contributed by atoms with E-state index >= 15 is 0 Å². The quantitative estimate of drug-likeness (QED) is 0.858. The summed E-state index contributed by atoms with van der Waals surface area (Å²) < 4.78 is 76.5. The Labute approximate surface area is 96.8 Å². The number of hydrogen-bond donors (Lipinski definition) is 1. The maximum atomic E-state index is 13.2. The van der Waals surface area contributed by atoms with Crippen molar-refractivity contribution in [2.45, 2.75) is 18.5 Å². The zero-order valence-electron chi connectivity index (χ0n) is 8.56. The molecule has 0 aliphatic heterocycles. The minimum atomic E-state index is -5.15. The first-order chi connectivity index (χ1) is 8.12. The minimum absolute atomic E-state index is 0.0685. The first kappa shape index (κ1) is 14.3. The van der Waals surface area contributed by atoms with Crippen molar-refractivity contribution in [3.05, 3.63) is 35.1 Å². The van der Waals surface area contributed by atoms with Crippen molar-refractivity contribution in [1.82, 2.24) is 0 Å². The molecule has 0 aliphatic carbocycles. The zero-order chi connectivity index (χ0) is 14.1. The number of carboxylic acids is 1. The van der Waals surface area contributed by atoms with E-state index < -0.39 is 47.5 Å². The van der Waals surface area contributed by atoms with Crippen LogP contribution in [0.3, 0.4) is 0 Å². The van der Waals surface area contributed by atoms with Crippen LogP contribution in [0.5, 0.6) is 0 Å². The van der Waals surface area contributed by atoms with Crippen LogP contribution in [0.15, 0.2) is 12.1 Å². The van der Waals surface area contributed by atoms with Crippen LogP contribution in [0.4, 0.5) is 26.3 Å². The highest BCUT2D eigenvalue weighted by Gasteiger charge is 2.45. The van der Waals surface area contributed by atoms with Crippen molar-refractivity contribution < 1.29 is 36.2 Å². The van der Waals surface area contributed by atoms with Gasteiger partial charge in [0.15, 0.2) is 0 Å². The lowest BCUT2D eigenvalue weighted by atomic mass is 9.94. The molecule has 0 spiro atoms. The van der Waals surface area contributed by atoms with Crippen molar-refractivity contribution >= 4 is 5.97 Å². The van der Waals surface area contributed by atoms with Crippen LogP contribution < -0.4 is 0 Å². The molecule has 8 heteroatoms. The van der Waals surface area contributed by atoms with Crippen LogP contribution in [0.1, 0.15) is 17.9 Å². The van der Waals surface area contributed by atoms with Gasteiger partial charge in [-0.15, -0.1) is 0 Å². The summed E-state index contributed by atoms with van der Waals surface area (Å²) >= 11 is 0. The molecular weight excluding hydrogens is 266 g/mol. The summed E-state index contributed by atoms with van der Waals surface area (Å²) in [6, 6.07) is 0.137. The van der Waals surface area contributed by atoms with Crippen LogP contribution in [0, 0.1) is 17.5 Å². The van der Waals surface area contributed by atoms with Gasteiger partial charge in [-0.25, -0.2) is 13.2 Å². The fourth-order valence-corrected chi connectivity index (χ4v) is 1.44. The summed E-state index contributed by atoms with van der Waals surface area (Å²) in [6.45, 7) is 0. The number of carboxylic acid groups (broad SMARTS) is 1. The second-order valence-electron chi connectivity index (χ2n) is 3.48. The van der Waals surface area contributed by atoms with Gasteiger partial charge in [0.05, 0.1) is 12.3 Å². The third-order valence-electron chi connectivity index (χ3n) is 2.17. The molecule has 18 heavy (non-hydrogen) atoms. The van der Waals surface area contributed by atoms with E-state index in [2.05, 4.69) is 0 Å². The Morgan fingerprint density at radius 3 is 1.94 bits per heavy atom. The lowest BCUT2D eigenvalue weighted by molar-refractivity contribution is -0.164. The molecule has 0 fully saturated rings. The highest BCUT2D eigenvalue weighted by Crippen LogP contribution is 2.39. The molecule has 1 aromatic carbocycles. The first-order valence-electron chi connectivity index (χ1n) is 4.56. The van der Waals surface area contributed by atoms with E-state index in [-0.39, 0.29) is 12.1 Å². The number of hydrogen-bond acceptors (Lipinski definition) is 1. The van der Waals surface area contributed by atoms with Crippen LogP contribution in [0.2, 0.25) is 0 Å². The molecule has 0 saturated carbocycles. The zero-order valence-corrected chi connectivity index (χ0v) is 8.56. The Balaban J connectivity index is 3.34. The highest BCUT2D eigenvalue weighted by molar-refractivity contribution is 5.68. The molecule has 0 heterocycles. The average molecular weight is 272 g/mol. The van der Waals surface area contributed by atoms with E-state index in [0.717, 1.165) is 0 Å². The van der Waals surface area contributed by atoms with Gasteiger partial charge in [0.25, 0.3) is 0 Å². The summed E-state index contributed by atoms with van der Waals surface area (Å²) in [5, 5.41) is 8.33. The molecule has 2 nitrogen and oxygen atoms in total. The smallest absolute Gasteiger partial charge is 0.396 e. The lowest BCUT2D eigenvalue weighted by Crippen LogP contribution is -2.25. The van der Waals surface area contributed by atoms with Crippen molar-refractivity contribution in [2.24, 2.45) is 0 Å². The van der Waals surface area contributed by atoms with Gasteiger partial charge in [-0.2, -0.15) is 13.2 Å². The molecule has 0 radical (unpaired) electrons. The monoisotopic (exact) mass is 272 g/mol. The van der Waals surface area contributed by atoms with Gasteiger partial charge >= 0.3 is 12.1 Å². The summed E-state index contributed by atoms with van der Waals surface area (Å²) in [5.74, 6) is -9.66. The Morgan fingerprint density at radius 1 is 1.17 bits per heavy atom. The van der Waals surface area contributed by atoms with Crippen molar-refractivity contribution in [3.8, 4) is 0 Å². The number of aliphatic carboxylic acids is 1. The second kappa shape index (κ2) is 4.87. The topological polar surface area (TPSA) is 37.3 Å². The normalized spacial score (nSPS) is 13.4. The first-order valence-corrected chi connectivity index (χ1v) is 4.56. The van der Waals surface area contributed by atoms with Gasteiger partial charge < -0.3 is 5.11 Å². The van der Waals surface area contributed by atoms with Crippen LogP contribution in [0.25, 0.3) is 0 Å². The van der Waals surface area contributed by atoms with E-state index in [1.54, 1.807) is 0 Å². The van der Waals surface area contributed by atoms with Gasteiger partial charge in [-0.05, 0) is 0 Å². The van der Waals surface area contributed by atoms with Gasteiger partial charge in [-0.1, -0.05) is 0 Å². The number of benzene rings is 1. The van der Waals surface area contributed by atoms with Crippen molar-refractivity contribution in [3.63, 3.8) is 0 Å². The summed E-state index contributed by atoms with van der Waals surface area (Å²) in [4.78, 5) is 10.3. The third-order valence-corrected chi connectivity index (χ3v) is 2.17. The van der Waals surface area contributed by atoms with Gasteiger partial charge in [0.2, 0.25) is 0 Å². The van der Waals surface area contributed by atoms with Crippen LogP contribution >= 0.6 is 0 Å². The molecule has 100 valence electrons. The molecule has 1 rings (SSSR count). The Kier molecular flexibility index (Phi) is 3.88. The molecule has 0 saturated heterocycles. The standard InChI is InChI=1S/C10H6F6O2/c11-4-1-6(12)9(7(13)2-4)5(3-8(17)18)10(14,15)16/h1-2,5H,3H2,(H,17,18). The molecule has 0 bridgehead atoms. The average Bonchev–Trinajstić information content (AvgIpc) is 2.12. The Hall–Kier alpha value is -1.73. The number of halogens is 6. The summed E-state index contributed by atoms with van der Waals surface area (Å²) in [5.41, 5.74) is -1.49. The molecule has 0 aromatic heterocycles.